The van der Waals surface area contributed by atoms with Crippen molar-refractivity contribution in [2.45, 2.75) is 13.5 Å². The molecule has 100 valence electrons. The Morgan fingerprint density at radius 3 is 2.58 bits per heavy atom. The number of aryl methyl sites for hydroxylation is 2. The maximum atomic E-state index is 12.4. The van der Waals surface area contributed by atoms with Gasteiger partial charge in [0.05, 0.1) is 11.4 Å². The van der Waals surface area contributed by atoms with E-state index in [9.17, 15) is 4.79 Å². The summed E-state index contributed by atoms with van der Waals surface area (Å²) in [5, 5.41) is 4.16. The third-order valence-electron chi connectivity index (χ3n) is 2.99. The standard InChI is InChI=1S/C13H17N5O/c1-9-11(14)12(18(3)16-9)13(19)17(2)8-10-4-6-15-7-5-10/h4-7H,8,14H2,1-3H3. The number of carbonyl (C=O) groups excluding carboxylic acids is 1. The third-order valence-corrected chi connectivity index (χ3v) is 2.99. The molecule has 19 heavy (non-hydrogen) atoms. The van der Waals surface area contributed by atoms with Gasteiger partial charge in [-0.3, -0.25) is 14.5 Å². The maximum absolute atomic E-state index is 12.4. The minimum Gasteiger partial charge on any atom is -0.395 e. The highest BCUT2D eigenvalue weighted by Gasteiger charge is 2.21. The van der Waals surface area contributed by atoms with Gasteiger partial charge in [-0.05, 0) is 24.6 Å². The van der Waals surface area contributed by atoms with Crippen LogP contribution >= 0.6 is 0 Å². The Kier molecular flexibility index (Phi) is 3.50. The minimum atomic E-state index is -0.141. The predicted molar refractivity (Wildman–Crippen MR) is 72.4 cm³/mol. The van der Waals surface area contributed by atoms with Crippen molar-refractivity contribution in [1.29, 1.82) is 0 Å². The summed E-state index contributed by atoms with van der Waals surface area (Å²) in [5.74, 6) is -0.141. The Labute approximate surface area is 111 Å². The number of pyridine rings is 1. The molecule has 0 saturated heterocycles. The summed E-state index contributed by atoms with van der Waals surface area (Å²) in [4.78, 5) is 17.9. The molecule has 0 aliphatic heterocycles. The zero-order valence-corrected chi connectivity index (χ0v) is 11.3. The van der Waals surface area contributed by atoms with Gasteiger partial charge in [0.25, 0.3) is 5.91 Å². The van der Waals surface area contributed by atoms with Gasteiger partial charge in [0, 0.05) is 33.0 Å². The van der Waals surface area contributed by atoms with E-state index in [2.05, 4.69) is 10.1 Å². The van der Waals surface area contributed by atoms with E-state index in [0.717, 1.165) is 5.56 Å². The van der Waals surface area contributed by atoms with Crippen LogP contribution in [0, 0.1) is 6.92 Å². The molecule has 6 heteroatoms. The summed E-state index contributed by atoms with van der Waals surface area (Å²) in [6, 6.07) is 3.75. The Balaban J connectivity index is 2.20. The summed E-state index contributed by atoms with van der Waals surface area (Å²) in [6.45, 7) is 2.29. The Morgan fingerprint density at radius 1 is 1.42 bits per heavy atom. The number of amides is 1. The van der Waals surface area contributed by atoms with Crippen LogP contribution in [0.4, 0.5) is 5.69 Å². The van der Waals surface area contributed by atoms with E-state index in [1.54, 1.807) is 38.3 Å². The predicted octanol–water partition coefficient (Wildman–Crippen LogP) is 0.978. The van der Waals surface area contributed by atoms with Crippen molar-refractivity contribution in [2.75, 3.05) is 12.8 Å². The van der Waals surface area contributed by atoms with Crippen molar-refractivity contribution in [1.82, 2.24) is 19.7 Å². The van der Waals surface area contributed by atoms with Gasteiger partial charge in [-0.1, -0.05) is 0 Å². The summed E-state index contributed by atoms with van der Waals surface area (Å²) in [5.41, 5.74) is 8.45. The number of carbonyl (C=O) groups is 1. The molecule has 6 nitrogen and oxygen atoms in total. The number of rotatable bonds is 3. The van der Waals surface area contributed by atoms with Gasteiger partial charge in [0.15, 0.2) is 0 Å². The normalized spacial score (nSPS) is 10.5. The van der Waals surface area contributed by atoms with E-state index in [-0.39, 0.29) is 5.91 Å². The highest BCUT2D eigenvalue weighted by Crippen LogP contribution is 2.17. The highest BCUT2D eigenvalue weighted by molar-refractivity contribution is 5.97. The first-order chi connectivity index (χ1) is 9.00. The molecule has 0 aliphatic carbocycles. The number of nitrogen functional groups attached to an aromatic ring is 1. The third kappa shape index (κ3) is 2.57. The van der Waals surface area contributed by atoms with Crippen molar-refractivity contribution in [2.24, 2.45) is 7.05 Å². The molecule has 1 amide bonds. The zero-order valence-electron chi connectivity index (χ0n) is 11.3. The lowest BCUT2D eigenvalue weighted by atomic mass is 10.2. The lowest BCUT2D eigenvalue weighted by Crippen LogP contribution is -2.28. The van der Waals surface area contributed by atoms with Crippen LogP contribution in [0.5, 0.6) is 0 Å². The van der Waals surface area contributed by atoms with E-state index >= 15 is 0 Å². The van der Waals surface area contributed by atoms with Crippen molar-refractivity contribution in [3.8, 4) is 0 Å². The smallest absolute Gasteiger partial charge is 0.274 e. The van der Waals surface area contributed by atoms with Gasteiger partial charge >= 0.3 is 0 Å². The molecule has 0 spiro atoms. The molecule has 2 aromatic rings. The molecule has 0 saturated carbocycles. The minimum absolute atomic E-state index is 0.141. The van der Waals surface area contributed by atoms with Crippen LogP contribution in [0.3, 0.4) is 0 Å². The molecule has 2 aromatic heterocycles. The topological polar surface area (TPSA) is 77.0 Å². The second kappa shape index (κ2) is 5.09. The number of aromatic nitrogens is 3. The van der Waals surface area contributed by atoms with Crippen LogP contribution in [0.25, 0.3) is 0 Å². The van der Waals surface area contributed by atoms with Crippen molar-refractivity contribution in [3.63, 3.8) is 0 Å². The number of nitrogens with two attached hydrogens (primary N) is 1. The van der Waals surface area contributed by atoms with Gasteiger partial charge in [-0.25, -0.2) is 0 Å². The molecule has 0 fully saturated rings. The van der Waals surface area contributed by atoms with E-state index in [4.69, 9.17) is 5.73 Å². The van der Waals surface area contributed by atoms with Gasteiger partial charge < -0.3 is 10.6 Å². The van der Waals surface area contributed by atoms with Gasteiger partial charge in [-0.2, -0.15) is 5.10 Å². The van der Waals surface area contributed by atoms with Gasteiger partial charge in [0.1, 0.15) is 5.69 Å². The summed E-state index contributed by atoms with van der Waals surface area (Å²) in [7, 11) is 3.46. The molecule has 0 atom stereocenters. The van der Waals surface area contributed by atoms with Crippen molar-refractivity contribution in [3.05, 3.63) is 41.5 Å². The molecule has 0 radical (unpaired) electrons. The average molecular weight is 259 g/mol. The van der Waals surface area contributed by atoms with Crippen molar-refractivity contribution >= 4 is 11.6 Å². The number of hydrogen-bond donors (Lipinski definition) is 1. The monoisotopic (exact) mass is 259 g/mol. The lowest BCUT2D eigenvalue weighted by Gasteiger charge is -2.17. The molecule has 0 aliphatic rings. The molecule has 2 N–H and O–H groups in total. The first-order valence-electron chi connectivity index (χ1n) is 5.94. The molecule has 2 rings (SSSR count). The van der Waals surface area contributed by atoms with Gasteiger partial charge in [-0.15, -0.1) is 0 Å². The fourth-order valence-electron chi connectivity index (χ4n) is 1.94. The van der Waals surface area contributed by atoms with Crippen LogP contribution in [-0.2, 0) is 13.6 Å². The number of anilines is 1. The lowest BCUT2D eigenvalue weighted by molar-refractivity contribution is 0.0775. The SMILES string of the molecule is Cc1nn(C)c(C(=O)N(C)Cc2ccncc2)c1N. The fraction of sp³-hybridized carbons (Fsp3) is 0.308. The molecule has 0 aromatic carbocycles. The Morgan fingerprint density at radius 2 is 2.05 bits per heavy atom. The first-order valence-corrected chi connectivity index (χ1v) is 5.94. The molecule has 2 heterocycles. The average Bonchev–Trinajstić information content (AvgIpc) is 2.63. The maximum Gasteiger partial charge on any atom is 0.274 e. The second-order valence-electron chi connectivity index (χ2n) is 4.49. The zero-order chi connectivity index (χ0) is 14.0. The van der Waals surface area contributed by atoms with Crippen LogP contribution in [-0.4, -0.2) is 32.6 Å². The summed E-state index contributed by atoms with van der Waals surface area (Å²) < 4.78 is 1.52. The van der Waals surface area contributed by atoms with E-state index in [1.807, 2.05) is 12.1 Å². The number of hydrogen-bond acceptors (Lipinski definition) is 4. The Hall–Kier alpha value is -2.37. The van der Waals surface area contributed by atoms with E-state index in [1.165, 1.54) is 4.68 Å². The fourth-order valence-corrected chi connectivity index (χ4v) is 1.94. The van der Waals surface area contributed by atoms with E-state index in [0.29, 0.717) is 23.6 Å². The largest absolute Gasteiger partial charge is 0.395 e. The summed E-state index contributed by atoms with van der Waals surface area (Å²) >= 11 is 0. The Bertz CT molecular complexity index is 591. The number of nitrogens with zero attached hydrogens (tertiary/aromatic N) is 4. The van der Waals surface area contributed by atoms with Gasteiger partial charge in [0.2, 0.25) is 0 Å². The van der Waals surface area contributed by atoms with Crippen LogP contribution in [0.1, 0.15) is 21.7 Å². The summed E-state index contributed by atoms with van der Waals surface area (Å²) in [6.07, 6.45) is 3.41. The van der Waals surface area contributed by atoms with Crippen molar-refractivity contribution < 1.29 is 4.79 Å². The van der Waals surface area contributed by atoms with Crippen LogP contribution in [0.15, 0.2) is 24.5 Å². The van der Waals surface area contributed by atoms with Crippen LogP contribution in [0.2, 0.25) is 0 Å². The first kappa shape index (κ1) is 13.1. The van der Waals surface area contributed by atoms with Crippen LogP contribution < -0.4 is 5.73 Å². The second-order valence-corrected chi connectivity index (χ2v) is 4.49. The molecule has 0 bridgehead atoms. The molecule has 0 unspecified atom stereocenters. The van der Waals surface area contributed by atoms with E-state index < -0.39 is 0 Å². The quantitative estimate of drug-likeness (QED) is 0.891. The molecular weight excluding hydrogens is 242 g/mol. The molecular formula is C13H17N5O. The highest BCUT2D eigenvalue weighted by atomic mass is 16.2.